The number of ether oxygens (including phenoxy) is 3. The lowest BCUT2D eigenvalue weighted by Gasteiger charge is -2.42. The minimum absolute atomic E-state index is 0.0152. The summed E-state index contributed by atoms with van der Waals surface area (Å²) >= 11 is 0. The highest BCUT2D eigenvalue weighted by Crippen LogP contribution is 2.57. The zero-order valence-corrected chi connectivity index (χ0v) is 21.6. The van der Waals surface area contributed by atoms with Gasteiger partial charge >= 0.3 is 0 Å². The number of methoxy groups -OCH3 is 1. The Kier molecular flexibility index (Phi) is 7.08. The highest BCUT2D eigenvalue weighted by Gasteiger charge is 2.45. The van der Waals surface area contributed by atoms with Gasteiger partial charge in [-0.1, -0.05) is 18.2 Å². The third kappa shape index (κ3) is 4.45. The summed E-state index contributed by atoms with van der Waals surface area (Å²) in [5.74, 6) is -1.86. The summed E-state index contributed by atoms with van der Waals surface area (Å²) in [4.78, 5) is 11.7. The van der Waals surface area contributed by atoms with Gasteiger partial charge < -0.3 is 50.6 Å². The summed E-state index contributed by atoms with van der Waals surface area (Å²) in [5, 5.41) is 66.9. The average molecular weight is 544 g/mol. The van der Waals surface area contributed by atoms with Crippen molar-refractivity contribution in [3.05, 3.63) is 34.9 Å². The molecule has 3 aromatic rings. The number of aromatic hydroxyl groups is 4. The molecule has 39 heavy (non-hydrogen) atoms. The van der Waals surface area contributed by atoms with Crippen molar-refractivity contribution in [1.82, 2.24) is 0 Å². The van der Waals surface area contributed by atoms with Crippen molar-refractivity contribution in [1.29, 1.82) is 0 Å². The quantitative estimate of drug-likeness (QED) is 0.137. The lowest BCUT2D eigenvalue weighted by Crippen LogP contribution is -2.52. The molecule has 0 saturated carbocycles. The Morgan fingerprint density at radius 2 is 1.82 bits per heavy atom. The van der Waals surface area contributed by atoms with E-state index in [0.29, 0.717) is 6.29 Å². The van der Waals surface area contributed by atoms with Gasteiger partial charge in [0.25, 0.3) is 0 Å². The first-order valence-corrected chi connectivity index (χ1v) is 12.8. The second kappa shape index (κ2) is 10.1. The first-order chi connectivity index (χ1) is 18.5. The van der Waals surface area contributed by atoms with Crippen LogP contribution < -0.4 is 5.73 Å². The third-order valence-corrected chi connectivity index (χ3v) is 8.01. The van der Waals surface area contributed by atoms with Crippen molar-refractivity contribution in [2.45, 2.75) is 68.9 Å². The Morgan fingerprint density at radius 3 is 2.49 bits per heavy atom. The van der Waals surface area contributed by atoms with Crippen LogP contribution in [0.5, 0.6) is 23.0 Å². The van der Waals surface area contributed by atoms with Crippen LogP contribution in [0.3, 0.4) is 0 Å². The molecule has 1 heterocycles. The number of benzene rings is 3. The molecular weight excluding hydrogens is 510 g/mol. The van der Waals surface area contributed by atoms with Crippen LogP contribution in [0.15, 0.2) is 18.2 Å². The van der Waals surface area contributed by atoms with Gasteiger partial charge in [0.2, 0.25) is 0 Å². The van der Waals surface area contributed by atoms with Crippen molar-refractivity contribution >= 4 is 27.8 Å². The van der Waals surface area contributed by atoms with Crippen LogP contribution in [0.25, 0.3) is 21.5 Å². The molecule has 210 valence electrons. The van der Waals surface area contributed by atoms with E-state index in [9.17, 15) is 35.4 Å². The summed E-state index contributed by atoms with van der Waals surface area (Å²) in [6, 6.07) is 3.82. The van der Waals surface area contributed by atoms with E-state index in [1.54, 1.807) is 6.92 Å². The molecule has 6 atom stereocenters. The number of hydrogen-bond acceptors (Lipinski definition) is 11. The van der Waals surface area contributed by atoms with Crippen LogP contribution in [0.2, 0.25) is 0 Å². The van der Waals surface area contributed by atoms with Crippen molar-refractivity contribution in [3.8, 4) is 23.0 Å². The lowest BCUT2D eigenvalue weighted by atomic mass is 9.75. The fourth-order valence-corrected chi connectivity index (χ4v) is 5.97. The molecular formula is C28H33NO10. The molecule has 2 aliphatic rings. The monoisotopic (exact) mass is 543 g/mol. The van der Waals surface area contributed by atoms with Gasteiger partial charge in [0.1, 0.15) is 23.0 Å². The first kappa shape index (κ1) is 27.4. The molecule has 3 aromatic carbocycles. The molecule has 0 spiro atoms. The van der Waals surface area contributed by atoms with E-state index in [0.717, 1.165) is 0 Å². The molecule has 0 bridgehead atoms. The van der Waals surface area contributed by atoms with E-state index < -0.39 is 59.2 Å². The fraction of sp³-hybridized carbons (Fsp3) is 0.464. The maximum Gasteiger partial charge on any atom is 0.160 e. The van der Waals surface area contributed by atoms with Crippen LogP contribution in [-0.2, 0) is 20.6 Å². The number of hydrogen-bond donors (Lipinski definition) is 7. The highest BCUT2D eigenvalue weighted by molar-refractivity contribution is 6.18. The van der Waals surface area contributed by atoms with Crippen molar-refractivity contribution < 1.29 is 49.6 Å². The lowest BCUT2D eigenvalue weighted by molar-refractivity contribution is -0.248. The average Bonchev–Trinajstić information content (AvgIpc) is 2.90. The fourth-order valence-electron chi connectivity index (χ4n) is 5.97. The van der Waals surface area contributed by atoms with Crippen LogP contribution in [0, 0.1) is 0 Å². The maximum atomic E-state index is 11.7. The Morgan fingerprint density at radius 1 is 1.10 bits per heavy atom. The zero-order chi connectivity index (χ0) is 28.2. The second-order valence-electron chi connectivity index (χ2n) is 10.6. The normalized spacial score (nSPS) is 29.0. The Labute approximate surface area is 223 Å². The number of aliphatic hydroxyl groups excluding tert-OH is 1. The third-order valence-electron chi connectivity index (χ3n) is 8.01. The number of rotatable bonds is 6. The smallest absolute Gasteiger partial charge is 0.160 e. The first-order valence-electron chi connectivity index (χ1n) is 12.8. The van der Waals surface area contributed by atoms with Crippen molar-refractivity contribution in [2.24, 2.45) is 5.73 Å². The number of nitrogens with two attached hydrogens (primary N) is 1. The van der Waals surface area contributed by atoms with Crippen LogP contribution in [-0.4, -0.2) is 80.8 Å². The van der Waals surface area contributed by atoms with E-state index in [2.05, 4.69) is 0 Å². The largest absolute Gasteiger partial charge is 0.507 e. The predicted molar refractivity (Wildman–Crippen MR) is 140 cm³/mol. The SMILES string of the molecule is COCC[C@]1(O)Cc2c(c(O)c3c(O)c4c(C=O)cccc4c(O)c3c2O)[C@@H](O[C@H]2C[C@@H](N)[C@H](O)C(C)O2)C1. The van der Waals surface area contributed by atoms with Gasteiger partial charge in [0.15, 0.2) is 12.6 Å². The number of carbonyl (C=O) groups is 1. The molecule has 11 heteroatoms. The van der Waals surface area contributed by atoms with Gasteiger partial charge in [-0.15, -0.1) is 0 Å². The van der Waals surface area contributed by atoms with Crippen molar-refractivity contribution in [2.75, 3.05) is 13.7 Å². The summed E-state index contributed by atoms with van der Waals surface area (Å²) in [6.45, 7) is 1.86. The predicted octanol–water partition coefficient (Wildman–Crippen LogP) is 2.22. The van der Waals surface area contributed by atoms with Crippen LogP contribution in [0.1, 0.15) is 53.8 Å². The molecule has 0 radical (unpaired) electrons. The van der Waals surface area contributed by atoms with E-state index in [1.165, 1.54) is 25.3 Å². The number of aliphatic hydroxyl groups is 2. The minimum atomic E-state index is -1.42. The van der Waals surface area contributed by atoms with Gasteiger partial charge in [-0.3, -0.25) is 4.79 Å². The Hall–Kier alpha value is -3.19. The Bertz CT molecular complexity index is 1430. The summed E-state index contributed by atoms with van der Waals surface area (Å²) in [6.07, 6.45) is -2.77. The number of phenolic OH excluding ortho intramolecular Hbond substituents is 4. The van der Waals surface area contributed by atoms with E-state index in [-0.39, 0.29) is 70.5 Å². The van der Waals surface area contributed by atoms with E-state index in [4.69, 9.17) is 19.9 Å². The zero-order valence-electron chi connectivity index (χ0n) is 21.6. The van der Waals surface area contributed by atoms with Gasteiger partial charge in [0.05, 0.1) is 34.7 Å². The van der Waals surface area contributed by atoms with Crippen LogP contribution >= 0.6 is 0 Å². The summed E-state index contributed by atoms with van der Waals surface area (Å²) in [7, 11) is 1.49. The molecule has 1 unspecified atom stereocenters. The van der Waals surface area contributed by atoms with E-state index >= 15 is 0 Å². The standard InChI is InChI=1S/C28H33NO10/c1-12-23(31)16(29)8-18(38-12)39-17-10-28(36,6-7-37-2)9-15-20(17)27(35)22-21(25(15)33)24(32)14-5-3-4-13(11-30)19(14)26(22)34/h3-5,11-12,16-18,23,31-36H,6-10,29H2,1-2H3/t12?,16-,17+,18+,23-,28+/m1/s1. The maximum absolute atomic E-state index is 11.7. The van der Waals surface area contributed by atoms with Gasteiger partial charge in [0, 0.05) is 66.5 Å². The molecule has 1 saturated heterocycles. The molecule has 5 rings (SSSR count). The highest BCUT2D eigenvalue weighted by atomic mass is 16.7. The molecule has 1 aliphatic carbocycles. The number of carbonyl (C=O) groups excluding carboxylic acids is 1. The molecule has 0 amide bonds. The molecule has 8 N–H and O–H groups in total. The van der Waals surface area contributed by atoms with Gasteiger partial charge in [-0.25, -0.2) is 0 Å². The number of aldehydes is 1. The minimum Gasteiger partial charge on any atom is -0.507 e. The molecule has 1 aliphatic heterocycles. The van der Waals surface area contributed by atoms with E-state index in [1.807, 2.05) is 0 Å². The van der Waals surface area contributed by atoms with Gasteiger partial charge in [-0.05, 0) is 13.3 Å². The van der Waals surface area contributed by atoms with Crippen LogP contribution in [0.4, 0.5) is 0 Å². The molecule has 0 aromatic heterocycles. The number of phenols is 4. The van der Waals surface area contributed by atoms with Gasteiger partial charge in [-0.2, -0.15) is 0 Å². The summed E-state index contributed by atoms with van der Waals surface area (Å²) in [5.41, 5.74) is 4.96. The topological polar surface area (TPSA) is 192 Å². The Balaban J connectivity index is 1.74. The molecule has 1 fully saturated rings. The summed E-state index contributed by atoms with van der Waals surface area (Å²) < 4.78 is 17.2. The van der Waals surface area contributed by atoms with Crippen molar-refractivity contribution in [3.63, 3.8) is 0 Å². The number of fused-ring (bicyclic) bond motifs is 3. The second-order valence-corrected chi connectivity index (χ2v) is 10.6. The molecule has 11 nitrogen and oxygen atoms in total.